The zero-order valence-electron chi connectivity index (χ0n) is 11.2. The Balaban J connectivity index is 2.61. The Morgan fingerprint density at radius 3 is 2.50 bits per heavy atom. The van der Waals surface area contributed by atoms with E-state index in [-0.39, 0.29) is 11.7 Å². The van der Waals surface area contributed by atoms with Crippen molar-refractivity contribution in [2.45, 2.75) is 19.9 Å². The fourth-order valence-corrected chi connectivity index (χ4v) is 2.26. The Hall–Kier alpha value is -1.68. The highest BCUT2D eigenvalue weighted by Gasteiger charge is 2.23. The van der Waals surface area contributed by atoms with E-state index < -0.39 is 0 Å². The summed E-state index contributed by atoms with van der Waals surface area (Å²) in [6.45, 7) is 4.17. The van der Waals surface area contributed by atoms with Crippen molar-refractivity contribution in [1.82, 2.24) is 9.88 Å². The minimum Gasteiger partial charge on any atom is -0.406 e. The predicted molar refractivity (Wildman–Crippen MR) is 71.5 cm³/mol. The second-order valence-corrected chi connectivity index (χ2v) is 5.01. The maximum Gasteiger partial charge on any atom is 0.346 e. The van der Waals surface area contributed by atoms with E-state index >= 15 is 0 Å². The third-order valence-corrected chi connectivity index (χ3v) is 2.99. The number of hydrogen-bond acceptors (Lipinski definition) is 4. The lowest BCUT2D eigenvalue weighted by atomic mass is 10.0. The third-order valence-electron chi connectivity index (χ3n) is 2.99. The van der Waals surface area contributed by atoms with Crippen LogP contribution in [0.15, 0.2) is 33.5 Å². The molecule has 0 aliphatic carbocycles. The van der Waals surface area contributed by atoms with Crippen LogP contribution in [-0.2, 0) is 0 Å². The number of aromatic nitrogens is 1. The molecule has 18 heavy (non-hydrogen) atoms. The number of nitrogens with zero attached hydrogens (tertiary/aromatic N) is 2. The molecule has 0 aliphatic rings. The van der Waals surface area contributed by atoms with Gasteiger partial charge in [-0.3, -0.25) is 4.90 Å². The summed E-state index contributed by atoms with van der Waals surface area (Å²) in [4.78, 5) is 18.4. The lowest BCUT2D eigenvalue weighted by Gasteiger charge is -2.25. The van der Waals surface area contributed by atoms with Crippen molar-refractivity contribution in [2.24, 2.45) is 5.92 Å². The van der Waals surface area contributed by atoms with Crippen molar-refractivity contribution in [3.8, 4) is 0 Å². The summed E-state index contributed by atoms with van der Waals surface area (Å²) in [5.74, 6) is 0.801. The van der Waals surface area contributed by atoms with Crippen LogP contribution in [0.4, 0.5) is 0 Å². The average Bonchev–Trinajstić information content (AvgIpc) is 2.28. The fourth-order valence-electron chi connectivity index (χ4n) is 2.26. The van der Waals surface area contributed by atoms with Gasteiger partial charge in [-0.1, -0.05) is 26.0 Å². The van der Waals surface area contributed by atoms with Gasteiger partial charge < -0.3 is 4.42 Å². The van der Waals surface area contributed by atoms with Gasteiger partial charge in [0.1, 0.15) is 0 Å². The van der Waals surface area contributed by atoms with Gasteiger partial charge in [-0.2, -0.15) is 0 Å². The van der Waals surface area contributed by atoms with Crippen LogP contribution in [0.25, 0.3) is 10.9 Å². The monoisotopic (exact) mass is 246 g/mol. The lowest BCUT2D eigenvalue weighted by molar-refractivity contribution is 0.188. The van der Waals surface area contributed by atoms with E-state index in [1.165, 1.54) is 0 Å². The van der Waals surface area contributed by atoms with Gasteiger partial charge in [0.15, 0.2) is 0 Å². The second kappa shape index (κ2) is 4.90. The van der Waals surface area contributed by atoms with E-state index in [2.05, 4.69) is 18.8 Å². The van der Waals surface area contributed by atoms with Crippen LogP contribution in [0.2, 0.25) is 0 Å². The molecule has 0 aliphatic heterocycles. The third kappa shape index (κ3) is 2.29. The molecule has 0 fully saturated rings. The predicted octanol–water partition coefficient (Wildman–Crippen LogP) is 2.45. The minimum atomic E-state index is -0.317. The first kappa shape index (κ1) is 12.8. The molecule has 1 atom stereocenters. The SMILES string of the molecule is CC(C)C(c1nc2ccccc2c(=O)o1)N(C)C. The van der Waals surface area contributed by atoms with Gasteiger partial charge in [0.05, 0.1) is 16.9 Å². The molecule has 0 N–H and O–H groups in total. The van der Waals surface area contributed by atoms with Crippen molar-refractivity contribution in [2.75, 3.05) is 14.1 Å². The molecule has 1 aromatic carbocycles. The Morgan fingerprint density at radius 1 is 1.22 bits per heavy atom. The van der Waals surface area contributed by atoms with E-state index in [4.69, 9.17) is 4.42 Å². The molecule has 4 heteroatoms. The Morgan fingerprint density at radius 2 is 1.89 bits per heavy atom. The molecule has 2 rings (SSSR count). The highest BCUT2D eigenvalue weighted by atomic mass is 16.4. The molecule has 0 bridgehead atoms. The second-order valence-electron chi connectivity index (χ2n) is 5.01. The molecule has 0 saturated carbocycles. The molecule has 4 nitrogen and oxygen atoms in total. The number of rotatable bonds is 3. The fraction of sp³-hybridized carbons (Fsp3) is 0.429. The summed E-state index contributed by atoms with van der Waals surface area (Å²) < 4.78 is 5.37. The van der Waals surface area contributed by atoms with Gasteiger partial charge in [0.25, 0.3) is 0 Å². The normalized spacial score (nSPS) is 13.4. The molecule has 0 amide bonds. The van der Waals surface area contributed by atoms with Gasteiger partial charge in [0.2, 0.25) is 5.89 Å². The summed E-state index contributed by atoms with van der Waals surface area (Å²) in [6.07, 6.45) is 0. The topological polar surface area (TPSA) is 46.3 Å². The van der Waals surface area contributed by atoms with Crippen LogP contribution in [0, 0.1) is 5.92 Å². The van der Waals surface area contributed by atoms with Crippen LogP contribution in [0.5, 0.6) is 0 Å². The Bertz CT molecular complexity index is 594. The van der Waals surface area contributed by atoms with Crippen LogP contribution >= 0.6 is 0 Å². The van der Waals surface area contributed by atoms with Gasteiger partial charge in [-0.15, -0.1) is 0 Å². The maximum atomic E-state index is 11.9. The van der Waals surface area contributed by atoms with Gasteiger partial charge in [-0.25, -0.2) is 9.78 Å². The van der Waals surface area contributed by atoms with E-state index in [9.17, 15) is 4.79 Å². The summed E-state index contributed by atoms with van der Waals surface area (Å²) >= 11 is 0. The van der Waals surface area contributed by atoms with Crippen LogP contribution in [-0.4, -0.2) is 24.0 Å². The van der Waals surface area contributed by atoms with Gasteiger partial charge in [0, 0.05) is 0 Å². The summed E-state index contributed by atoms with van der Waals surface area (Å²) in [7, 11) is 3.92. The molecule has 1 aromatic heterocycles. The largest absolute Gasteiger partial charge is 0.406 e. The van der Waals surface area contributed by atoms with Gasteiger partial charge >= 0.3 is 5.63 Å². The molecule has 2 aromatic rings. The highest BCUT2D eigenvalue weighted by Crippen LogP contribution is 2.25. The van der Waals surface area contributed by atoms with Crippen LogP contribution in [0.1, 0.15) is 25.8 Å². The van der Waals surface area contributed by atoms with Crippen LogP contribution in [0.3, 0.4) is 0 Å². The lowest BCUT2D eigenvalue weighted by Crippen LogP contribution is -2.26. The zero-order valence-corrected chi connectivity index (χ0v) is 11.2. The highest BCUT2D eigenvalue weighted by molar-refractivity contribution is 5.76. The van der Waals surface area contributed by atoms with Crippen molar-refractivity contribution in [3.63, 3.8) is 0 Å². The van der Waals surface area contributed by atoms with E-state index in [1.807, 2.05) is 37.2 Å². The van der Waals surface area contributed by atoms with E-state index in [0.717, 1.165) is 0 Å². The zero-order chi connectivity index (χ0) is 13.3. The molecule has 96 valence electrons. The van der Waals surface area contributed by atoms with Gasteiger partial charge in [-0.05, 0) is 32.1 Å². The first-order valence-electron chi connectivity index (χ1n) is 6.07. The molecular formula is C14H18N2O2. The molecule has 0 spiro atoms. The van der Waals surface area contributed by atoms with E-state index in [0.29, 0.717) is 22.7 Å². The summed E-state index contributed by atoms with van der Waals surface area (Å²) in [5, 5.41) is 0.530. The molecule has 1 unspecified atom stereocenters. The smallest absolute Gasteiger partial charge is 0.346 e. The molecule has 1 heterocycles. The summed E-state index contributed by atoms with van der Waals surface area (Å²) in [5.41, 5.74) is 0.374. The number of hydrogen-bond donors (Lipinski definition) is 0. The molecular weight excluding hydrogens is 228 g/mol. The Kier molecular flexibility index (Phi) is 3.48. The summed E-state index contributed by atoms with van der Waals surface area (Å²) in [6, 6.07) is 7.26. The first-order valence-corrected chi connectivity index (χ1v) is 6.07. The molecule has 0 saturated heterocycles. The average molecular weight is 246 g/mol. The van der Waals surface area contributed by atoms with Crippen molar-refractivity contribution in [3.05, 3.63) is 40.6 Å². The molecule has 0 radical (unpaired) electrons. The Labute approximate surface area is 106 Å². The van der Waals surface area contributed by atoms with Crippen LogP contribution < -0.4 is 5.63 Å². The number of para-hydroxylation sites is 1. The standard InChI is InChI=1S/C14H18N2O2/c1-9(2)12(16(3)4)13-15-11-8-6-5-7-10(11)14(17)18-13/h5-9,12H,1-4H3. The number of fused-ring (bicyclic) bond motifs is 1. The first-order chi connectivity index (χ1) is 8.50. The minimum absolute atomic E-state index is 0.00214. The maximum absolute atomic E-state index is 11.9. The number of benzene rings is 1. The van der Waals surface area contributed by atoms with Crippen molar-refractivity contribution < 1.29 is 4.42 Å². The van der Waals surface area contributed by atoms with Crippen molar-refractivity contribution >= 4 is 10.9 Å². The van der Waals surface area contributed by atoms with E-state index in [1.54, 1.807) is 6.07 Å². The quantitative estimate of drug-likeness (QED) is 0.834. The van der Waals surface area contributed by atoms with Crippen molar-refractivity contribution in [1.29, 1.82) is 0 Å².